The van der Waals surface area contributed by atoms with Gasteiger partial charge in [-0.25, -0.2) is 0 Å². The first-order valence-electron chi connectivity index (χ1n) is 7.67. The van der Waals surface area contributed by atoms with Crippen molar-refractivity contribution in [3.8, 4) is 6.07 Å². The molecule has 0 saturated carbocycles. The van der Waals surface area contributed by atoms with E-state index in [0.717, 1.165) is 27.7 Å². The van der Waals surface area contributed by atoms with Crippen LogP contribution < -0.4 is 0 Å². The Balaban J connectivity index is 2.15. The van der Waals surface area contributed by atoms with Gasteiger partial charge in [0.05, 0.1) is 16.7 Å². The van der Waals surface area contributed by atoms with Gasteiger partial charge in [-0.3, -0.25) is 0 Å². The Kier molecular flexibility index (Phi) is 4.51. The summed E-state index contributed by atoms with van der Waals surface area (Å²) >= 11 is 12.8. The summed E-state index contributed by atoms with van der Waals surface area (Å²) in [7, 11) is 1.95. The summed E-state index contributed by atoms with van der Waals surface area (Å²) < 4.78 is 2.04. The number of hydrogen-bond acceptors (Lipinski definition) is 2. The van der Waals surface area contributed by atoms with Crippen LogP contribution in [0.1, 0.15) is 27.9 Å². The molecule has 0 aliphatic carbocycles. The van der Waals surface area contributed by atoms with Crippen molar-refractivity contribution in [1.82, 2.24) is 4.57 Å². The molecule has 0 unspecified atom stereocenters. The third-order valence-electron chi connectivity index (χ3n) is 4.45. The molecule has 3 nitrogen and oxygen atoms in total. The van der Waals surface area contributed by atoms with Crippen LogP contribution in [0.3, 0.4) is 0 Å². The number of nitrogens with zero attached hydrogens (tertiary/aromatic N) is 2. The van der Waals surface area contributed by atoms with Gasteiger partial charge in [0.1, 0.15) is 5.76 Å². The predicted octanol–water partition coefficient (Wildman–Crippen LogP) is 5.78. The summed E-state index contributed by atoms with van der Waals surface area (Å²) in [6, 6.07) is 11.4. The van der Waals surface area contributed by atoms with Crippen LogP contribution in [0, 0.1) is 18.3 Å². The third kappa shape index (κ3) is 3.00. The number of benzene rings is 2. The molecule has 0 amide bonds. The molecule has 3 rings (SSSR count). The van der Waals surface area contributed by atoms with E-state index in [1.807, 2.05) is 30.7 Å². The Labute approximate surface area is 156 Å². The highest BCUT2D eigenvalue weighted by Crippen LogP contribution is 2.34. The largest absolute Gasteiger partial charge is 0.508 e. The van der Waals surface area contributed by atoms with Crippen LogP contribution in [0.4, 0.5) is 0 Å². The molecule has 0 radical (unpaired) electrons. The molecule has 2 aromatic carbocycles. The van der Waals surface area contributed by atoms with E-state index in [-0.39, 0.29) is 5.76 Å². The molecule has 25 heavy (non-hydrogen) atoms. The van der Waals surface area contributed by atoms with E-state index in [9.17, 15) is 10.4 Å². The minimum atomic E-state index is -0.0885. The van der Waals surface area contributed by atoms with Crippen LogP contribution in [-0.2, 0) is 13.5 Å². The van der Waals surface area contributed by atoms with Crippen molar-refractivity contribution in [1.29, 1.82) is 5.26 Å². The van der Waals surface area contributed by atoms with E-state index in [4.69, 9.17) is 23.2 Å². The lowest BCUT2D eigenvalue weighted by Crippen LogP contribution is -2.00. The van der Waals surface area contributed by atoms with Crippen molar-refractivity contribution in [3.63, 3.8) is 0 Å². The van der Waals surface area contributed by atoms with Gasteiger partial charge < -0.3 is 9.67 Å². The van der Waals surface area contributed by atoms with Gasteiger partial charge in [-0.15, -0.1) is 0 Å². The smallest absolute Gasteiger partial charge is 0.117 e. The zero-order valence-electron chi connectivity index (χ0n) is 13.9. The van der Waals surface area contributed by atoms with Crippen molar-refractivity contribution < 1.29 is 5.11 Å². The van der Waals surface area contributed by atoms with Gasteiger partial charge in [0.25, 0.3) is 0 Å². The standard InChI is InChI=1S/C20H16Cl2N2O/c1-11-6-13(10-23)7-19-16(11)8-14(24(19)3)9-17-18(21)5-4-15(12(2)25)20(17)22/h4-8,25H,2,9H2,1,3H3. The molecule has 0 atom stereocenters. The van der Waals surface area contributed by atoms with E-state index < -0.39 is 0 Å². The Hall–Kier alpha value is -2.41. The van der Waals surface area contributed by atoms with E-state index in [2.05, 4.69) is 18.7 Å². The number of aliphatic hydroxyl groups excluding tert-OH is 1. The van der Waals surface area contributed by atoms with Crippen LogP contribution in [0.15, 0.2) is 36.9 Å². The second-order valence-electron chi connectivity index (χ2n) is 6.04. The molecule has 1 aromatic heterocycles. The quantitative estimate of drug-likeness (QED) is 0.593. The molecule has 1 N–H and O–H groups in total. The van der Waals surface area contributed by atoms with Crippen LogP contribution in [0.2, 0.25) is 10.0 Å². The summed E-state index contributed by atoms with van der Waals surface area (Å²) in [6.45, 7) is 5.53. The fourth-order valence-electron chi connectivity index (χ4n) is 3.06. The van der Waals surface area contributed by atoms with Gasteiger partial charge in [0, 0.05) is 40.7 Å². The Morgan fingerprint density at radius 1 is 1.28 bits per heavy atom. The average Bonchev–Trinajstić information content (AvgIpc) is 2.88. The van der Waals surface area contributed by atoms with Gasteiger partial charge >= 0.3 is 0 Å². The Bertz CT molecular complexity index is 1060. The number of rotatable bonds is 3. The zero-order chi connectivity index (χ0) is 18.3. The second-order valence-corrected chi connectivity index (χ2v) is 6.83. The number of fused-ring (bicyclic) bond motifs is 1. The van der Waals surface area contributed by atoms with Crippen molar-refractivity contribution in [2.45, 2.75) is 13.3 Å². The van der Waals surface area contributed by atoms with Crippen molar-refractivity contribution >= 4 is 39.9 Å². The van der Waals surface area contributed by atoms with Crippen molar-refractivity contribution in [2.24, 2.45) is 7.05 Å². The van der Waals surface area contributed by atoms with Gasteiger partial charge in [0.2, 0.25) is 0 Å². The highest BCUT2D eigenvalue weighted by atomic mass is 35.5. The molecular formula is C20H16Cl2N2O. The fourth-order valence-corrected chi connectivity index (χ4v) is 3.67. The minimum Gasteiger partial charge on any atom is -0.508 e. The summed E-state index contributed by atoms with van der Waals surface area (Å²) in [5.74, 6) is -0.0885. The molecule has 0 aliphatic heterocycles. The van der Waals surface area contributed by atoms with Crippen LogP contribution in [0.5, 0.6) is 0 Å². The monoisotopic (exact) mass is 370 g/mol. The molecule has 0 saturated heterocycles. The topological polar surface area (TPSA) is 48.9 Å². The van der Waals surface area contributed by atoms with Crippen LogP contribution in [-0.4, -0.2) is 9.67 Å². The zero-order valence-corrected chi connectivity index (χ0v) is 15.4. The molecule has 0 spiro atoms. The van der Waals surface area contributed by atoms with Crippen molar-refractivity contribution in [3.05, 3.63) is 74.9 Å². The first-order chi connectivity index (χ1) is 11.8. The van der Waals surface area contributed by atoms with Crippen LogP contribution in [0.25, 0.3) is 16.7 Å². The number of aliphatic hydroxyl groups is 1. The van der Waals surface area contributed by atoms with Gasteiger partial charge in [-0.1, -0.05) is 29.8 Å². The first kappa shape index (κ1) is 17.4. The molecule has 1 heterocycles. The summed E-state index contributed by atoms with van der Waals surface area (Å²) in [5, 5.41) is 20.9. The number of nitriles is 1. The predicted molar refractivity (Wildman–Crippen MR) is 103 cm³/mol. The Morgan fingerprint density at radius 2 is 2.00 bits per heavy atom. The van der Waals surface area contributed by atoms with E-state index in [1.54, 1.807) is 12.1 Å². The lowest BCUT2D eigenvalue weighted by Gasteiger charge is -2.12. The summed E-state index contributed by atoms with van der Waals surface area (Å²) in [5.41, 5.74) is 4.89. The lowest BCUT2D eigenvalue weighted by atomic mass is 10.0. The third-order valence-corrected chi connectivity index (χ3v) is 5.24. The highest BCUT2D eigenvalue weighted by molar-refractivity contribution is 6.37. The maximum atomic E-state index is 9.69. The lowest BCUT2D eigenvalue weighted by molar-refractivity contribution is 0.514. The molecular weight excluding hydrogens is 355 g/mol. The van der Waals surface area contributed by atoms with Crippen LogP contribution >= 0.6 is 23.2 Å². The van der Waals surface area contributed by atoms with Gasteiger partial charge in [-0.05, 0) is 48.4 Å². The highest BCUT2D eigenvalue weighted by Gasteiger charge is 2.16. The molecule has 3 aromatic rings. The Morgan fingerprint density at radius 3 is 2.64 bits per heavy atom. The SMILES string of the molecule is C=C(O)c1ccc(Cl)c(Cc2cc3c(C)cc(C#N)cc3n2C)c1Cl. The van der Waals surface area contributed by atoms with E-state index in [0.29, 0.717) is 27.6 Å². The maximum absolute atomic E-state index is 9.69. The minimum absolute atomic E-state index is 0.0885. The normalized spacial score (nSPS) is 10.8. The molecule has 0 fully saturated rings. The number of aromatic nitrogens is 1. The first-order valence-corrected chi connectivity index (χ1v) is 8.43. The van der Waals surface area contributed by atoms with E-state index in [1.165, 1.54) is 0 Å². The fraction of sp³-hybridized carbons (Fsp3) is 0.150. The molecule has 0 bridgehead atoms. The average molecular weight is 371 g/mol. The maximum Gasteiger partial charge on any atom is 0.117 e. The summed E-state index contributed by atoms with van der Waals surface area (Å²) in [4.78, 5) is 0. The van der Waals surface area contributed by atoms with Gasteiger partial charge in [-0.2, -0.15) is 5.26 Å². The van der Waals surface area contributed by atoms with E-state index >= 15 is 0 Å². The summed E-state index contributed by atoms with van der Waals surface area (Å²) in [6.07, 6.45) is 0.505. The number of aryl methyl sites for hydroxylation is 2. The van der Waals surface area contributed by atoms with Gasteiger partial charge in [0.15, 0.2) is 0 Å². The number of hydrogen-bond donors (Lipinski definition) is 1. The molecule has 0 aliphatic rings. The van der Waals surface area contributed by atoms with Crippen molar-refractivity contribution in [2.75, 3.05) is 0 Å². The molecule has 126 valence electrons. The molecule has 5 heteroatoms. The number of halogens is 2. The second kappa shape index (κ2) is 6.48.